The third kappa shape index (κ3) is 4.23. The maximum atomic E-state index is 12.2. The Morgan fingerprint density at radius 2 is 1.81 bits per heavy atom. The molecule has 0 aliphatic carbocycles. The van der Waals surface area contributed by atoms with Gasteiger partial charge in [-0.1, -0.05) is 23.7 Å². The van der Waals surface area contributed by atoms with Crippen molar-refractivity contribution in [3.8, 4) is 0 Å². The lowest BCUT2D eigenvalue weighted by molar-refractivity contribution is -0.116. The van der Waals surface area contributed by atoms with Crippen molar-refractivity contribution in [1.29, 1.82) is 0 Å². The van der Waals surface area contributed by atoms with E-state index in [1.807, 2.05) is 31.2 Å². The summed E-state index contributed by atoms with van der Waals surface area (Å²) in [7, 11) is 0. The van der Waals surface area contributed by atoms with Crippen molar-refractivity contribution in [3.05, 3.63) is 58.6 Å². The average molecular weight is 303 g/mol. The zero-order valence-corrected chi connectivity index (χ0v) is 13.2. The van der Waals surface area contributed by atoms with E-state index in [1.165, 1.54) is 11.1 Å². The second-order valence-electron chi connectivity index (χ2n) is 5.16. The molecule has 0 heterocycles. The van der Waals surface area contributed by atoms with Crippen LogP contribution in [0.15, 0.2) is 42.5 Å². The molecule has 0 saturated heterocycles. The molecule has 3 nitrogen and oxygen atoms in total. The van der Waals surface area contributed by atoms with Gasteiger partial charge in [-0.15, -0.1) is 0 Å². The smallest absolute Gasteiger partial charge is 0.246 e. The predicted molar refractivity (Wildman–Crippen MR) is 89.1 cm³/mol. The number of nitrogens with one attached hydrogen (secondary N) is 2. The monoisotopic (exact) mass is 302 g/mol. The number of benzene rings is 2. The van der Waals surface area contributed by atoms with Gasteiger partial charge in [-0.25, -0.2) is 0 Å². The normalized spacial score (nSPS) is 11.8. The van der Waals surface area contributed by atoms with E-state index in [1.54, 1.807) is 18.2 Å². The summed E-state index contributed by atoms with van der Waals surface area (Å²) in [5.74, 6) is -0.101. The fourth-order valence-corrected chi connectivity index (χ4v) is 2.15. The van der Waals surface area contributed by atoms with Crippen LogP contribution >= 0.6 is 11.6 Å². The lowest BCUT2D eigenvalue weighted by Gasteiger charge is -2.16. The highest BCUT2D eigenvalue weighted by Crippen LogP contribution is 2.17. The minimum absolute atomic E-state index is 0.101. The fourth-order valence-electron chi connectivity index (χ4n) is 1.96. The highest BCUT2D eigenvalue weighted by molar-refractivity contribution is 6.30. The molecule has 0 aliphatic rings. The van der Waals surface area contributed by atoms with Crippen LogP contribution in [-0.2, 0) is 4.79 Å². The number of hydrogen-bond acceptors (Lipinski definition) is 2. The lowest BCUT2D eigenvalue weighted by atomic mass is 10.1. The number of hydrogen-bond donors (Lipinski definition) is 2. The maximum absolute atomic E-state index is 12.2. The molecule has 0 spiro atoms. The minimum atomic E-state index is -0.342. The molecule has 0 bridgehead atoms. The van der Waals surface area contributed by atoms with Crippen molar-refractivity contribution >= 4 is 28.9 Å². The van der Waals surface area contributed by atoms with Gasteiger partial charge >= 0.3 is 0 Å². The van der Waals surface area contributed by atoms with E-state index in [4.69, 9.17) is 11.6 Å². The van der Waals surface area contributed by atoms with Gasteiger partial charge < -0.3 is 10.6 Å². The summed E-state index contributed by atoms with van der Waals surface area (Å²) in [4.78, 5) is 12.2. The Bertz CT molecular complexity index is 655. The van der Waals surface area contributed by atoms with E-state index in [0.29, 0.717) is 10.7 Å². The molecule has 0 unspecified atom stereocenters. The molecule has 2 rings (SSSR count). The van der Waals surface area contributed by atoms with Crippen LogP contribution in [0.25, 0.3) is 0 Å². The van der Waals surface area contributed by atoms with Crippen molar-refractivity contribution in [1.82, 2.24) is 0 Å². The largest absolute Gasteiger partial charge is 0.374 e. The van der Waals surface area contributed by atoms with E-state index in [2.05, 4.69) is 24.5 Å². The van der Waals surface area contributed by atoms with Gasteiger partial charge in [-0.2, -0.15) is 0 Å². The Morgan fingerprint density at radius 1 is 1.05 bits per heavy atom. The zero-order chi connectivity index (χ0) is 15.4. The number of amides is 1. The van der Waals surface area contributed by atoms with Crippen LogP contribution in [-0.4, -0.2) is 11.9 Å². The van der Waals surface area contributed by atoms with E-state index < -0.39 is 0 Å². The molecule has 0 saturated carbocycles. The van der Waals surface area contributed by atoms with Crippen molar-refractivity contribution in [3.63, 3.8) is 0 Å². The van der Waals surface area contributed by atoms with Crippen molar-refractivity contribution < 1.29 is 4.79 Å². The van der Waals surface area contributed by atoms with Crippen LogP contribution in [0.5, 0.6) is 0 Å². The molecular formula is C17H19ClN2O. The van der Waals surface area contributed by atoms with Gasteiger partial charge in [0.05, 0.1) is 0 Å². The summed E-state index contributed by atoms with van der Waals surface area (Å²) in [6, 6.07) is 12.8. The third-order valence-electron chi connectivity index (χ3n) is 3.38. The van der Waals surface area contributed by atoms with E-state index >= 15 is 0 Å². The van der Waals surface area contributed by atoms with Gasteiger partial charge in [-0.3, -0.25) is 4.79 Å². The Hall–Kier alpha value is -2.00. The first kappa shape index (κ1) is 15.4. The standard InChI is InChI=1S/C17H19ClN2O/c1-11-7-8-16(9-12(11)2)19-13(3)17(21)20-15-6-4-5-14(18)10-15/h4-10,13,19H,1-3H3,(H,20,21)/t13-/m0/s1. The van der Waals surface area contributed by atoms with Gasteiger partial charge in [-0.05, 0) is 62.2 Å². The molecule has 1 amide bonds. The SMILES string of the molecule is Cc1ccc(N[C@@H](C)C(=O)Nc2cccc(Cl)c2)cc1C. The van der Waals surface area contributed by atoms with Gasteiger partial charge in [0.1, 0.15) is 6.04 Å². The van der Waals surface area contributed by atoms with Crippen molar-refractivity contribution in [2.45, 2.75) is 26.8 Å². The summed E-state index contributed by atoms with van der Waals surface area (Å²) < 4.78 is 0. The Kier molecular flexibility index (Phi) is 4.86. The Balaban J connectivity index is 2.00. The molecule has 0 radical (unpaired) electrons. The van der Waals surface area contributed by atoms with Crippen LogP contribution in [0.1, 0.15) is 18.1 Å². The molecule has 0 fully saturated rings. The number of aryl methyl sites for hydroxylation is 2. The topological polar surface area (TPSA) is 41.1 Å². The van der Waals surface area contributed by atoms with Crippen molar-refractivity contribution in [2.24, 2.45) is 0 Å². The number of anilines is 2. The summed E-state index contributed by atoms with van der Waals surface area (Å²) in [6.45, 7) is 5.95. The average Bonchev–Trinajstić information content (AvgIpc) is 2.43. The molecule has 2 aromatic carbocycles. The van der Waals surface area contributed by atoms with E-state index in [-0.39, 0.29) is 11.9 Å². The van der Waals surface area contributed by atoms with E-state index in [0.717, 1.165) is 5.69 Å². The van der Waals surface area contributed by atoms with Crippen LogP contribution < -0.4 is 10.6 Å². The first-order valence-corrected chi connectivity index (χ1v) is 7.24. The predicted octanol–water partition coefficient (Wildman–Crippen LogP) is 4.40. The van der Waals surface area contributed by atoms with Gasteiger partial charge in [0, 0.05) is 16.4 Å². The summed E-state index contributed by atoms with van der Waals surface area (Å²) >= 11 is 5.90. The quantitative estimate of drug-likeness (QED) is 0.879. The number of carbonyl (C=O) groups is 1. The lowest BCUT2D eigenvalue weighted by Crippen LogP contribution is -2.31. The van der Waals surface area contributed by atoms with Crippen LogP contribution in [0.3, 0.4) is 0 Å². The first-order valence-electron chi connectivity index (χ1n) is 6.86. The highest BCUT2D eigenvalue weighted by atomic mass is 35.5. The molecule has 21 heavy (non-hydrogen) atoms. The second kappa shape index (κ2) is 6.64. The molecular weight excluding hydrogens is 284 g/mol. The van der Waals surface area contributed by atoms with Crippen LogP contribution in [0.4, 0.5) is 11.4 Å². The van der Waals surface area contributed by atoms with Crippen molar-refractivity contribution in [2.75, 3.05) is 10.6 Å². The summed E-state index contributed by atoms with van der Waals surface area (Å²) in [6.07, 6.45) is 0. The minimum Gasteiger partial charge on any atom is -0.374 e. The zero-order valence-electron chi connectivity index (χ0n) is 12.4. The van der Waals surface area contributed by atoms with Gasteiger partial charge in [0.2, 0.25) is 5.91 Å². The van der Waals surface area contributed by atoms with Crippen LogP contribution in [0.2, 0.25) is 5.02 Å². The molecule has 2 aromatic rings. The highest BCUT2D eigenvalue weighted by Gasteiger charge is 2.13. The second-order valence-corrected chi connectivity index (χ2v) is 5.60. The van der Waals surface area contributed by atoms with Gasteiger partial charge in [0.25, 0.3) is 0 Å². The number of carbonyl (C=O) groups excluding carboxylic acids is 1. The first-order chi connectivity index (χ1) is 9.95. The molecule has 4 heteroatoms. The summed E-state index contributed by atoms with van der Waals surface area (Å²) in [5, 5.41) is 6.64. The van der Waals surface area contributed by atoms with Gasteiger partial charge in [0.15, 0.2) is 0 Å². The Morgan fingerprint density at radius 3 is 2.48 bits per heavy atom. The summed E-state index contributed by atoms with van der Waals surface area (Å²) in [5.41, 5.74) is 4.06. The fraction of sp³-hybridized carbons (Fsp3) is 0.235. The number of rotatable bonds is 4. The maximum Gasteiger partial charge on any atom is 0.246 e. The molecule has 2 N–H and O–H groups in total. The van der Waals surface area contributed by atoms with Crippen LogP contribution in [0, 0.1) is 13.8 Å². The molecule has 0 aliphatic heterocycles. The third-order valence-corrected chi connectivity index (χ3v) is 3.61. The molecule has 0 aromatic heterocycles. The number of halogens is 1. The van der Waals surface area contributed by atoms with E-state index in [9.17, 15) is 4.79 Å². The molecule has 110 valence electrons. The Labute approximate surface area is 130 Å². The molecule has 1 atom stereocenters.